The largest absolute Gasteiger partial charge is 0.323 e. The van der Waals surface area contributed by atoms with Crippen LogP contribution in [-0.2, 0) is 4.79 Å². The number of amides is 1. The Morgan fingerprint density at radius 2 is 1.79 bits per heavy atom. The number of hydrogen-bond acceptors (Lipinski definition) is 4. The van der Waals surface area contributed by atoms with Crippen LogP contribution in [0.5, 0.6) is 0 Å². The Hall–Kier alpha value is -3.14. The van der Waals surface area contributed by atoms with Crippen molar-refractivity contribution >= 4 is 35.5 Å². The highest BCUT2D eigenvalue weighted by Gasteiger charge is 2.20. The monoisotopic (exact) mass is 422 g/mol. The first-order valence-electron chi connectivity index (χ1n) is 8.30. The molecule has 0 saturated carbocycles. The van der Waals surface area contributed by atoms with E-state index in [0.717, 1.165) is 29.5 Å². The van der Waals surface area contributed by atoms with E-state index in [4.69, 9.17) is 0 Å². The van der Waals surface area contributed by atoms with Crippen LogP contribution in [0, 0.1) is 23.3 Å². The van der Waals surface area contributed by atoms with Crippen LogP contribution in [-0.4, -0.2) is 26.3 Å². The van der Waals surface area contributed by atoms with Crippen LogP contribution in [0.3, 0.4) is 0 Å². The molecule has 0 aliphatic carbocycles. The van der Waals surface area contributed by atoms with Gasteiger partial charge in [0.15, 0.2) is 17.5 Å². The predicted molar refractivity (Wildman–Crippen MR) is 102 cm³/mol. The standard InChI is InChI=1S/C19H14F4N4OS/c1-10(18(28)24-14-8-7-13(21)16(22)17(14)23)29-19-25-15(26-27-19)9-4-11-2-5-12(20)6-3-11/h2-10H,1H3,(H,24,28)(H,25,26,27)/b9-4+/t10-/m0/s1. The third-order valence-electron chi connectivity index (χ3n) is 3.73. The Bertz CT molecular complexity index is 1050. The molecule has 10 heteroatoms. The third kappa shape index (κ3) is 5.23. The summed E-state index contributed by atoms with van der Waals surface area (Å²) in [5, 5.41) is 8.37. The van der Waals surface area contributed by atoms with Crippen molar-refractivity contribution in [3.63, 3.8) is 0 Å². The number of benzene rings is 2. The number of carbonyl (C=O) groups is 1. The molecule has 0 bridgehead atoms. The van der Waals surface area contributed by atoms with Crippen molar-refractivity contribution in [3.8, 4) is 0 Å². The molecule has 0 unspecified atom stereocenters. The van der Waals surface area contributed by atoms with Crippen LogP contribution in [0.15, 0.2) is 41.6 Å². The fraction of sp³-hybridized carbons (Fsp3) is 0.105. The van der Waals surface area contributed by atoms with Crippen LogP contribution in [0.25, 0.3) is 12.2 Å². The molecule has 150 valence electrons. The molecule has 1 atom stereocenters. The molecule has 29 heavy (non-hydrogen) atoms. The molecule has 2 N–H and O–H groups in total. The number of hydrogen-bond donors (Lipinski definition) is 2. The molecule has 0 spiro atoms. The Balaban J connectivity index is 1.61. The molecule has 0 fully saturated rings. The Kier molecular flexibility index (Phi) is 6.32. The maximum absolute atomic E-state index is 13.7. The van der Waals surface area contributed by atoms with Crippen LogP contribution >= 0.6 is 11.8 Å². The van der Waals surface area contributed by atoms with Crippen LogP contribution in [0.2, 0.25) is 0 Å². The molecular formula is C19H14F4N4OS. The number of carbonyl (C=O) groups excluding carboxylic acids is 1. The summed E-state index contributed by atoms with van der Waals surface area (Å²) in [6.07, 6.45) is 3.34. The van der Waals surface area contributed by atoms with E-state index in [1.165, 1.54) is 19.1 Å². The van der Waals surface area contributed by atoms with Crippen molar-refractivity contribution in [2.24, 2.45) is 0 Å². The zero-order valence-electron chi connectivity index (χ0n) is 14.9. The number of aromatic amines is 1. The predicted octanol–water partition coefficient (Wildman–Crippen LogP) is 4.65. The molecule has 0 radical (unpaired) electrons. The highest BCUT2D eigenvalue weighted by atomic mass is 32.2. The number of rotatable bonds is 6. The second-order valence-corrected chi connectivity index (χ2v) is 7.17. The van der Waals surface area contributed by atoms with Crippen molar-refractivity contribution in [3.05, 3.63) is 71.1 Å². The summed E-state index contributed by atoms with van der Waals surface area (Å²) in [6, 6.07) is 7.52. The van der Waals surface area contributed by atoms with Crippen molar-refractivity contribution in [2.75, 3.05) is 5.32 Å². The quantitative estimate of drug-likeness (QED) is 0.345. The van der Waals surface area contributed by atoms with Crippen molar-refractivity contribution < 1.29 is 22.4 Å². The summed E-state index contributed by atoms with van der Waals surface area (Å²) in [5.41, 5.74) is 0.303. The molecule has 1 heterocycles. The Labute approximate surface area is 167 Å². The number of halogens is 4. The normalized spacial score (nSPS) is 12.3. The number of anilines is 1. The van der Waals surface area contributed by atoms with E-state index in [9.17, 15) is 22.4 Å². The molecule has 0 saturated heterocycles. The van der Waals surface area contributed by atoms with Crippen molar-refractivity contribution in [2.45, 2.75) is 17.3 Å². The van der Waals surface area contributed by atoms with Crippen molar-refractivity contribution in [1.82, 2.24) is 15.2 Å². The van der Waals surface area contributed by atoms with E-state index in [2.05, 4.69) is 20.5 Å². The summed E-state index contributed by atoms with van der Waals surface area (Å²) in [7, 11) is 0. The SMILES string of the molecule is C[C@H](Sc1n[nH]c(/C=C/c2ccc(F)cc2)n1)C(=O)Nc1ccc(F)c(F)c1F. The number of nitrogens with zero attached hydrogens (tertiary/aromatic N) is 2. The second-order valence-electron chi connectivity index (χ2n) is 5.86. The zero-order valence-corrected chi connectivity index (χ0v) is 15.7. The fourth-order valence-corrected chi connectivity index (χ4v) is 2.93. The van der Waals surface area contributed by atoms with Gasteiger partial charge in [0.25, 0.3) is 0 Å². The summed E-state index contributed by atoms with van der Waals surface area (Å²) >= 11 is 0.989. The minimum Gasteiger partial charge on any atom is -0.323 e. The lowest BCUT2D eigenvalue weighted by Crippen LogP contribution is -2.23. The molecular weight excluding hydrogens is 408 g/mol. The summed E-state index contributed by atoms with van der Waals surface area (Å²) in [6.45, 7) is 1.53. The average Bonchev–Trinajstić information content (AvgIpc) is 3.15. The summed E-state index contributed by atoms with van der Waals surface area (Å²) < 4.78 is 52.8. The molecule has 3 rings (SSSR count). The smallest absolute Gasteiger partial charge is 0.237 e. The maximum atomic E-state index is 13.7. The van der Waals surface area contributed by atoms with Crippen LogP contribution in [0.1, 0.15) is 18.3 Å². The van der Waals surface area contributed by atoms with Gasteiger partial charge in [-0.15, -0.1) is 5.10 Å². The van der Waals surface area contributed by atoms with E-state index in [1.807, 2.05) is 0 Å². The van der Waals surface area contributed by atoms with Gasteiger partial charge in [-0.05, 0) is 42.8 Å². The highest BCUT2D eigenvalue weighted by molar-refractivity contribution is 8.00. The van der Waals surface area contributed by atoms with Crippen LogP contribution in [0.4, 0.5) is 23.2 Å². The van der Waals surface area contributed by atoms with Crippen molar-refractivity contribution in [1.29, 1.82) is 0 Å². The summed E-state index contributed by atoms with van der Waals surface area (Å²) in [4.78, 5) is 16.4. The molecule has 0 aliphatic rings. The fourth-order valence-electron chi connectivity index (χ4n) is 2.20. The molecule has 1 aromatic heterocycles. The van der Waals surface area contributed by atoms with Gasteiger partial charge in [0.1, 0.15) is 11.6 Å². The van der Waals surface area contributed by atoms with E-state index in [-0.39, 0.29) is 11.0 Å². The Morgan fingerprint density at radius 3 is 2.52 bits per heavy atom. The van der Waals surface area contributed by atoms with Gasteiger partial charge in [-0.2, -0.15) is 0 Å². The van der Waals surface area contributed by atoms with Gasteiger partial charge in [0.2, 0.25) is 11.1 Å². The van der Waals surface area contributed by atoms with Gasteiger partial charge in [-0.3, -0.25) is 9.89 Å². The molecule has 3 aromatic rings. The number of thioether (sulfide) groups is 1. The first-order valence-corrected chi connectivity index (χ1v) is 9.18. The zero-order chi connectivity index (χ0) is 21.0. The molecule has 0 aliphatic heterocycles. The lowest BCUT2D eigenvalue weighted by Gasteiger charge is -2.11. The van der Waals surface area contributed by atoms with Gasteiger partial charge in [-0.1, -0.05) is 30.0 Å². The lowest BCUT2D eigenvalue weighted by atomic mass is 10.2. The molecule has 1 amide bonds. The highest BCUT2D eigenvalue weighted by Crippen LogP contribution is 2.23. The minimum atomic E-state index is -1.66. The first-order chi connectivity index (χ1) is 13.8. The number of nitrogens with one attached hydrogen (secondary N) is 2. The van der Waals surface area contributed by atoms with Gasteiger partial charge < -0.3 is 5.32 Å². The average molecular weight is 422 g/mol. The molecule has 5 nitrogen and oxygen atoms in total. The number of aromatic nitrogens is 3. The summed E-state index contributed by atoms with van der Waals surface area (Å²) in [5.74, 6) is -5.03. The van der Waals surface area contributed by atoms with E-state index < -0.39 is 34.3 Å². The first kappa shape index (κ1) is 20.6. The lowest BCUT2D eigenvalue weighted by molar-refractivity contribution is -0.115. The van der Waals surface area contributed by atoms with E-state index in [0.29, 0.717) is 5.82 Å². The van der Waals surface area contributed by atoms with Gasteiger partial charge >= 0.3 is 0 Å². The second kappa shape index (κ2) is 8.91. The minimum absolute atomic E-state index is 0.261. The van der Waals surface area contributed by atoms with Gasteiger partial charge in [0.05, 0.1) is 10.9 Å². The van der Waals surface area contributed by atoms with E-state index >= 15 is 0 Å². The molecule has 2 aromatic carbocycles. The number of H-pyrrole nitrogens is 1. The van der Waals surface area contributed by atoms with Crippen LogP contribution < -0.4 is 5.32 Å². The van der Waals surface area contributed by atoms with E-state index in [1.54, 1.807) is 24.3 Å². The topological polar surface area (TPSA) is 70.7 Å². The third-order valence-corrected chi connectivity index (χ3v) is 4.69. The Morgan fingerprint density at radius 1 is 1.07 bits per heavy atom. The maximum Gasteiger partial charge on any atom is 0.237 e. The van der Waals surface area contributed by atoms with Gasteiger partial charge in [-0.25, -0.2) is 22.5 Å². The van der Waals surface area contributed by atoms with Gasteiger partial charge in [0, 0.05) is 0 Å².